The van der Waals surface area contributed by atoms with E-state index in [1.807, 2.05) is 0 Å². The first-order chi connectivity index (χ1) is 9.91. The Bertz CT molecular complexity index is 697. The lowest BCUT2D eigenvalue weighted by atomic mass is 10.1. The molecule has 2 rings (SSSR count). The Morgan fingerprint density at radius 3 is 2.48 bits per heavy atom. The summed E-state index contributed by atoms with van der Waals surface area (Å²) in [5.41, 5.74) is 1.76. The summed E-state index contributed by atoms with van der Waals surface area (Å²) in [6, 6.07) is 7.58. The van der Waals surface area contributed by atoms with Gasteiger partial charge >= 0.3 is 5.97 Å². The van der Waals surface area contributed by atoms with Gasteiger partial charge in [0, 0.05) is 17.8 Å². The molecule has 0 spiro atoms. The van der Waals surface area contributed by atoms with Gasteiger partial charge in [0.2, 0.25) is 5.75 Å². The summed E-state index contributed by atoms with van der Waals surface area (Å²) in [5.74, 6) is -2.40. The van der Waals surface area contributed by atoms with E-state index in [2.05, 4.69) is 5.32 Å². The predicted octanol–water partition coefficient (Wildman–Crippen LogP) is 2.42. The highest BCUT2D eigenvalue weighted by molar-refractivity contribution is 5.91. The molecule has 21 heavy (non-hydrogen) atoms. The number of hydrogen-bond acceptors (Lipinski definition) is 5. The third kappa shape index (κ3) is 2.84. The summed E-state index contributed by atoms with van der Waals surface area (Å²) >= 11 is 0. The van der Waals surface area contributed by atoms with Crippen molar-refractivity contribution in [2.75, 3.05) is 5.32 Å². The number of anilines is 1. The molecule has 0 heterocycles. The Morgan fingerprint density at radius 2 is 1.81 bits per heavy atom. The van der Waals surface area contributed by atoms with E-state index in [0.717, 1.165) is 0 Å². The molecule has 0 unspecified atom stereocenters. The van der Waals surface area contributed by atoms with E-state index < -0.39 is 23.2 Å². The average Bonchev–Trinajstić information content (AvgIpc) is 2.45. The summed E-state index contributed by atoms with van der Waals surface area (Å²) in [6.45, 7) is 1.85. The van der Waals surface area contributed by atoms with Crippen LogP contribution in [0.4, 0.5) is 5.69 Å². The Kier molecular flexibility index (Phi) is 3.89. The highest BCUT2D eigenvalue weighted by atomic mass is 16.4. The van der Waals surface area contributed by atoms with E-state index in [9.17, 15) is 20.1 Å². The number of phenolic OH excluding ortho intramolecular Hbond substituents is 3. The quantitative estimate of drug-likeness (QED) is 0.553. The van der Waals surface area contributed by atoms with Crippen molar-refractivity contribution in [3.63, 3.8) is 0 Å². The molecule has 2 aromatic rings. The van der Waals surface area contributed by atoms with Crippen molar-refractivity contribution >= 4 is 11.7 Å². The highest BCUT2D eigenvalue weighted by Gasteiger charge is 2.13. The number of hydrogen-bond donors (Lipinski definition) is 5. The highest BCUT2D eigenvalue weighted by Crippen LogP contribution is 2.37. The zero-order valence-corrected chi connectivity index (χ0v) is 11.3. The smallest absolute Gasteiger partial charge is 0.336 e. The van der Waals surface area contributed by atoms with Crippen molar-refractivity contribution in [2.45, 2.75) is 13.5 Å². The first kappa shape index (κ1) is 14.5. The van der Waals surface area contributed by atoms with Crippen molar-refractivity contribution < 1.29 is 25.2 Å². The molecule has 0 atom stereocenters. The first-order valence-electron chi connectivity index (χ1n) is 6.21. The van der Waals surface area contributed by atoms with Crippen molar-refractivity contribution in [1.29, 1.82) is 0 Å². The normalized spacial score (nSPS) is 10.3. The Balaban J connectivity index is 2.23. The number of carboxylic acids is 1. The SMILES string of the molecule is Cc1c(NCc2ccc(O)c(O)c2O)cccc1C(=O)O. The molecule has 0 aromatic heterocycles. The minimum atomic E-state index is -1.01. The second-order valence-corrected chi connectivity index (χ2v) is 4.58. The molecule has 0 fully saturated rings. The Hall–Kier alpha value is -2.89. The zero-order valence-electron chi connectivity index (χ0n) is 11.3. The average molecular weight is 289 g/mol. The summed E-state index contributed by atoms with van der Waals surface area (Å²) < 4.78 is 0. The van der Waals surface area contributed by atoms with Gasteiger partial charge in [0.1, 0.15) is 0 Å². The number of aromatic hydroxyl groups is 3. The van der Waals surface area contributed by atoms with E-state index in [-0.39, 0.29) is 12.1 Å². The number of phenols is 3. The molecule has 6 nitrogen and oxygen atoms in total. The van der Waals surface area contributed by atoms with Crippen LogP contribution in [0.3, 0.4) is 0 Å². The van der Waals surface area contributed by atoms with Crippen molar-refractivity contribution in [1.82, 2.24) is 0 Å². The zero-order chi connectivity index (χ0) is 15.6. The number of nitrogens with one attached hydrogen (secondary N) is 1. The molecule has 0 saturated carbocycles. The van der Waals surface area contributed by atoms with Gasteiger partial charge in [-0.1, -0.05) is 6.07 Å². The van der Waals surface area contributed by atoms with Crippen LogP contribution < -0.4 is 5.32 Å². The maximum Gasteiger partial charge on any atom is 0.336 e. The molecule has 0 saturated heterocycles. The standard InChI is InChI=1S/C15H15NO5/c1-8-10(15(20)21)3-2-4-11(8)16-7-9-5-6-12(17)14(19)13(9)18/h2-6,16-19H,7H2,1H3,(H,20,21). The number of benzene rings is 2. The van der Waals surface area contributed by atoms with Crippen molar-refractivity contribution in [3.8, 4) is 17.2 Å². The molecule has 0 radical (unpaired) electrons. The maximum absolute atomic E-state index is 11.1. The molecule has 5 N–H and O–H groups in total. The van der Waals surface area contributed by atoms with E-state index in [1.54, 1.807) is 19.1 Å². The fourth-order valence-corrected chi connectivity index (χ4v) is 2.00. The molecule has 0 aliphatic carbocycles. The predicted molar refractivity (Wildman–Crippen MR) is 76.9 cm³/mol. The summed E-state index contributed by atoms with van der Waals surface area (Å²) in [7, 11) is 0. The third-order valence-electron chi connectivity index (χ3n) is 3.25. The third-order valence-corrected chi connectivity index (χ3v) is 3.25. The molecular formula is C15H15NO5. The van der Waals surface area contributed by atoms with Crippen LogP contribution in [0, 0.1) is 6.92 Å². The van der Waals surface area contributed by atoms with Gasteiger partial charge in [-0.2, -0.15) is 0 Å². The summed E-state index contributed by atoms with van der Waals surface area (Å²) in [6.07, 6.45) is 0. The van der Waals surface area contributed by atoms with Gasteiger partial charge in [-0.25, -0.2) is 4.79 Å². The Labute approximate surface area is 120 Å². The van der Waals surface area contributed by atoms with Gasteiger partial charge in [-0.3, -0.25) is 0 Å². The molecule has 0 bridgehead atoms. The van der Waals surface area contributed by atoms with Gasteiger partial charge < -0.3 is 25.7 Å². The van der Waals surface area contributed by atoms with Gasteiger partial charge in [-0.05, 0) is 36.8 Å². The molecule has 110 valence electrons. The molecule has 0 amide bonds. The van der Waals surface area contributed by atoms with Gasteiger partial charge in [0.05, 0.1) is 5.56 Å². The summed E-state index contributed by atoms with van der Waals surface area (Å²) in [5, 5.41) is 40.5. The fourth-order valence-electron chi connectivity index (χ4n) is 2.00. The van der Waals surface area contributed by atoms with Gasteiger partial charge in [0.25, 0.3) is 0 Å². The van der Waals surface area contributed by atoms with Crippen LogP contribution in [0.15, 0.2) is 30.3 Å². The second kappa shape index (κ2) is 5.62. The lowest BCUT2D eigenvalue weighted by Crippen LogP contribution is -2.05. The van der Waals surface area contributed by atoms with E-state index in [4.69, 9.17) is 5.11 Å². The maximum atomic E-state index is 11.1. The van der Waals surface area contributed by atoms with Crippen LogP contribution in [-0.4, -0.2) is 26.4 Å². The van der Waals surface area contributed by atoms with E-state index in [1.165, 1.54) is 18.2 Å². The minimum absolute atomic E-state index is 0.170. The van der Waals surface area contributed by atoms with Crippen LogP contribution in [-0.2, 0) is 6.54 Å². The second-order valence-electron chi connectivity index (χ2n) is 4.58. The fraction of sp³-hybridized carbons (Fsp3) is 0.133. The number of carbonyl (C=O) groups is 1. The van der Waals surface area contributed by atoms with Crippen LogP contribution in [0.2, 0.25) is 0 Å². The lowest BCUT2D eigenvalue weighted by Gasteiger charge is -2.13. The van der Waals surface area contributed by atoms with E-state index >= 15 is 0 Å². The molecule has 0 aliphatic rings. The minimum Gasteiger partial charge on any atom is -0.504 e. The first-order valence-corrected chi connectivity index (χ1v) is 6.21. The monoisotopic (exact) mass is 289 g/mol. The van der Waals surface area contributed by atoms with E-state index in [0.29, 0.717) is 16.8 Å². The van der Waals surface area contributed by atoms with Crippen LogP contribution in [0.25, 0.3) is 0 Å². The molecular weight excluding hydrogens is 274 g/mol. The van der Waals surface area contributed by atoms with Crippen LogP contribution in [0.5, 0.6) is 17.2 Å². The number of rotatable bonds is 4. The van der Waals surface area contributed by atoms with Gasteiger partial charge in [0.15, 0.2) is 11.5 Å². The van der Waals surface area contributed by atoms with Crippen molar-refractivity contribution in [3.05, 3.63) is 47.0 Å². The van der Waals surface area contributed by atoms with Gasteiger partial charge in [-0.15, -0.1) is 0 Å². The van der Waals surface area contributed by atoms with Crippen molar-refractivity contribution in [2.24, 2.45) is 0 Å². The number of carboxylic acid groups (broad SMARTS) is 1. The molecule has 2 aromatic carbocycles. The summed E-state index contributed by atoms with van der Waals surface area (Å²) in [4.78, 5) is 11.1. The Morgan fingerprint density at radius 1 is 1.10 bits per heavy atom. The largest absolute Gasteiger partial charge is 0.504 e. The molecule has 0 aliphatic heterocycles. The number of aromatic carboxylic acids is 1. The lowest BCUT2D eigenvalue weighted by molar-refractivity contribution is 0.0696. The van der Waals surface area contributed by atoms with Crippen LogP contribution >= 0.6 is 0 Å². The topological polar surface area (TPSA) is 110 Å². The molecule has 6 heteroatoms. The van der Waals surface area contributed by atoms with Crippen LogP contribution in [0.1, 0.15) is 21.5 Å².